The summed E-state index contributed by atoms with van der Waals surface area (Å²) in [5, 5.41) is 253. The van der Waals surface area contributed by atoms with Gasteiger partial charge < -0.3 is 220 Å². The van der Waals surface area contributed by atoms with E-state index in [0.29, 0.717) is 0 Å². The van der Waals surface area contributed by atoms with Crippen molar-refractivity contribution >= 4 is 56.2 Å². The lowest BCUT2D eigenvalue weighted by Crippen LogP contribution is -2.71. The van der Waals surface area contributed by atoms with Crippen LogP contribution >= 0.6 is 0 Å². The number of ether oxygens (including phenoxy) is 17. The Hall–Kier alpha value is -4.96. The molecule has 9 aliphatic heterocycles. The van der Waals surface area contributed by atoms with E-state index in [9.17, 15) is 162 Å². The van der Waals surface area contributed by atoms with E-state index >= 15 is 0 Å². The first kappa shape index (κ1) is 105. The number of carbonyl (C=O) groups is 6. The summed E-state index contributed by atoms with van der Waals surface area (Å²) in [6, 6.07) is -11.7. The van der Waals surface area contributed by atoms with Crippen LogP contribution in [-0.2, 0) is 138 Å². The minimum atomic E-state index is -5.45. The molecule has 0 radical (unpaired) electrons. The maximum atomic E-state index is 13.1. The lowest BCUT2D eigenvalue weighted by Gasteiger charge is -2.51. The predicted octanol–water partition coefficient (Wildman–Crippen LogP) is -20.1. The molecular weight excluding hydrogens is 1770 g/mol. The lowest BCUT2D eigenvalue weighted by molar-refractivity contribution is -0.398. The molecule has 0 aromatic heterocycles. The average Bonchev–Trinajstić information content (AvgIpc) is 0.770. The van der Waals surface area contributed by atoms with Gasteiger partial charge in [0.25, 0.3) is 0 Å². The van der Waals surface area contributed by atoms with Crippen LogP contribution in [0.1, 0.15) is 41.5 Å². The van der Waals surface area contributed by atoms with E-state index in [1.807, 2.05) is 0 Å². The third-order valence-corrected chi connectivity index (χ3v) is 22.5. The maximum absolute atomic E-state index is 13.1. The topological polar surface area (TPSA) is 884 Å². The molecule has 0 unspecified atom stereocenters. The average molecular weight is 1880 g/mol. The van der Waals surface area contributed by atoms with Crippen molar-refractivity contribution in [3.8, 4) is 0 Å². The van der Waals surface area contributed by atoms with Crippen molar-refractivity contribution in [2.45, 2.75) is 318 Å². The zero-order valence-electron chi connectivity index (χ0n) is 67.3. The van der Waals surface area contributed by atoms with Gasteiger partial charge >= 0.3 is 20.8 Å². The molecule has 0 bridgehead atoms. The van der Waals surface area contributed by atoms with Gasteiger partial charge in [-0.15, -0.1) is 0 Å². The summed E-state index contributed by atoms with van der Waals surface area (Å²) in [4.78, 5) is 76.5. The molecule has 45 atom stereocenters. The Morgan fingerprint density at radius 1 is 0.246 bits per heavy atom. The Labute approximate surface area is 713 Å². The van der Waals surface area contributed by atoms with Gasteiger partial charge in [-0.25, -0.2) is 8.37 Å². The molecule has 0 spiro atoms. The van der Waals surface area contributed by atoms with Crippen molar-refractivity contribution in [1.29, 1.82) is 0 Å². The molecule has 0 aliphatic carbocycles. The molecule has 9 heterocycles. The summed E-state index contributed by atoms with van der Waals surface area (Å²) < 4.78 is 177. The first-order chi connectivity index (χ1) is 59.2. The summed E-state index contributed by atoms with van der Waals surface area (Å²) in [6.45, 7) is -5.42. The SMILES string of the molecule is CC(=O)N[C@@H]1[C@@H](O)[C@H](O[C@@H]2O[C@H](CO)[C@@H](O[C@@H]3O[C@H](CO[C@H]4O[C@H](CO)[C@@H](O)[C@H](O)[C@@H]4O[C@@H]4O[C@H](CO)[C@@H](O[C@@H]5O[C@H](CO)[C@H](OS(=O)(=O)O)[C@H](O)[C@H]5NC(C)=O)[C@H](O)[C@H]4NC(C)=O)[C@@H](O)[C@H](O[C@H]4O[C@H](CO)[C@@H](O)[C@H](O)[C@@H]4O[C@@H]4O[C@H](CO)[C@@H](O[C@@H]5O[C@H](CO)[C@H](OS(=O)(=O)O)[C@H](O)[C@H]5NC(C)=O)[C@H](O)[C@H]4NC(C)=O)[C@@H]3O)[C@H](O)[C@H]2NC(C)=O)[C@@H](CO)O[C@H]1O. The minimum Gasteiger partial charge on any atom is -0.394 e. The van der Waals surface area contributed by atoms with Gasteiger partial charge in [-0.2, -0.15) is 16.8 Å². The molecule has 9 rings (SSSR count). The molecular formula is C66H110N6O52S2. The van der Waals surface area contributed by atoms with Gasteiger partial charge in [0.15, 0.2) is 56.6 Å². The Morgan fingerprint density at radius 3 is 0.778 bits per heavy atom. The van der Waals surface area contributed by atoms with Crippen LogP contribution in [0.3, 0.4) is 0 Å². The second-order valence-corrected chi connectivity index (χ2v) is 32.7. The highest BCUT2D eigenvalue weighted by Gasteiger charge is 2.62. The molecule has 0 saturated carbocycles. The molecule has 9 fully saturated rings. The second-order valence-electron chi connectivity index (χ2n) is 30.6. The zero-order chi connectivity index (χ0) is 93.5. The van der Waals surface area contributed by atoms with Crippen molar-refractivity contribution in [3.05, 3.63) is 0 Å². The van der Waals surface area contributed by atoms with Crippen LogP contribution in [0.4, 0.5) is 0 Å². The summed E-state index contributed by atoms with van der Waals surface area (Å²) in [5.41, 5.74) is 0. The van der Waals surface area contributed by atoms with Crippen molar-refractivity contribution in [2.24, 2.45) is 0 Å². The molecule has 126 heavy (non-hydrogen) atoms. The van der Waals surface area contributed by atoms with Crippen molar-refractivity contribution in [3.63, 3.8) is 0 Å². The van der Waals surface area contributed by atoms with E-state index in [1.165, 1.54) is 0 Å². The summed E-state index contributed by atoms with van der Waals surface area (Å²) >= 11 is 0. The van der Waals surface area contributed by atoms with Crippen LogP contribution in [0.2, 0.25) is 0 Å². The highest BCUT2D eigenvalue weighted by atomic mass is 32.3. The quantitative estimate of drug-likeness (QED) is 0.0262. The summed E-state index contributed by atoms with van der Waals surface area (Å²) in [6.07, 6.45) is -85.8. The highest BCUT2D eigenvalue weighted by molar-refractivity contribution is 7.81. The van der Waals surface area contributed by atoms with E-state index < -0.39 is 392 Å². The number of carbonyl (C=O) groups excluding carboxylic acids is 6. The number of aliphatic hydroxyl groups is 21. The zero-order valence-corrected chi connectivity index (χ0v) is 68.9. The van der Waals surface area contributed by atoms with Crippen LogP contribution in [0.5, 0.6) is 0 Å². The number of nitrogens with one attached hydrogen (secondary N) is 6. The van der Waals surface area contributed by atoms with Crippen LogP contribution in [0, 0.1) is 0 Å². The van der Waals surface area contributed by atoms with Gasteiger partial charge in [0.05, 0.1) is 59.5 Å². The molecule has 9 aliphatic rings. The number of aliphatic hydroxyl groups excluding tert-OH is 21. The fraction of sp³-hybridized carbons (Fsp3) is 0.909. The van der Waals surface area contributed by atoms with Gasteiger partial charge in [-0.3, -0.25) is 37.9 Å². The highest BCUT2D eigenvalue weighted by Crippen LogP contribution is 2.41. The number of hydrogen-bond donors (Lipinski definition) is 29. The van der Waals surface area contributed by atoms with Crippen LogP contribution in [0.25, 0.3) is 0 Å². The minimum absolute atomic E-state index is 0.816. The van der Waals surface area contributed by atoms with Crippen LogP contribution < -0.4 is 31.9 Å². The van der Waals surface area contributed by atoms with Crippen LogP contribution in [-0.4, -0.2) is 504 Å². The first-order valence-electron chi connectivity index (χ1n) is 38.9. The van der Waals surface area contributed by atoms with Gasteiger partial charge in [-0.1, -0.05) is 0 Å². The predicted molar refractivity (Wildman–Crippen MR) is 387 cm³/mol. The molecule has 0 aromatic carbocycles. The van der Waals surface area contributed by atoms with Crippen molar-refractivity contribution in [1.82, 2.24) is 31.9 Å². The molecule has 58 nitrogen and oxygen atoms in total. The van der Waals surface area contributed by atoms with E-state index in [0.717, 1.165) is 41.5 Å². The van der Waals surface area contributed by atoms with Crippen molar-refractivity contribution < 1.29 is 251 Å². The molecule has 6 amide bonds. The Bertz CT molecular complexity index is 3790. The van der Waals surface area contributed by atoms with Gasteiger partial charge in [0.2, 0.25) is 35.4 Å². The standard InChI is InChI=1S/C66H110N6O52S2/c1-16(81)67-31-40(90)49(24(9-75)107-58(31)99)116-59-32(68-17(2)82)43(93)52(27(12-78)110-59)119-64-48(98)55(120-66-57(47(97)38(88)23(8-74)109-66)122-63-34(70-19(4)84)42(92)51(26(11-77)112-63)118-61-36(72-21(6)86)45(95)54(29(14-80)114-61)124-126(103,104)105)39(89)30(115-64)15-106-65-56(46(96)37(87)22(7-73)108-65)121-62-33(69-18(3)83)41(91)50(25(10-76)111-62)117-60-35(71-20(5)85)44(94)53(28(13-79)113-60)123-125(100,101)102/h22-66,73-80,87-99H,7-15H2,1-6H3,(H,67,81)(H,68,82)(H,69,83)(H,70,84)(H,71,85)(H,72,86)(H,100,101,102)(H,103,104,105)/t22-,23-,24-,25-,26-,27-,28-,29-,30-,31-,32-,33-,34-,35-,36-,37-,38-,39-,40-,41-,42-,43-,44-,45-,46+,47+,48+,49-,50-,51-,52-,53+,54+,55+,56+,57+,58-,59+,60+,61+,62+,63+,64+,65+,66-/m1/s1. The number of rotatable bonds is 35. The lowest BCUT2D eigenvalue weighted by atomic mass is 9.93. The molecule has 728 valence electrons. The van der Waals surface area contributed by atoms with E-state index in [1.54, 1.807) is 0 Å². The Balaban J connectivity index is 1.07. The fourth-order valence-electron chi connectivity index (χ4n) is 15.8. The molecule has 0 aromatic rings. The van der Waals surface area contributed by atoms with Gasteiger partial charge in [0, 0.05) is 41.5 Å². The van der Waals surface area contributed by atoms with E-state index in [2.05, 4.69) is 40.3 Å². The third-order valence-electron chi connectivity index (χ3n) is 21.6. The third kappa shape index (κ3) is 24.9. The fourth-order valence-corrected chi connectivity index (χ4v) is 16.8. The van der Waals surface area contributed by atoms with E-state index in [4.69, 9.17) is 80.5 Å². The second kappa shape index (κ2) is 45.2. The van der Waals surface area contributed by atoms with Gasteiger partial charge in [0.1, 0.15) is 219 Å². The molecule has 60 heteroatoms. The Kier molecular flexibility index (Phi) is 37.6. The number of amides is 6. The number of hydrogen-bond acceptors (Lipinski definition) is 50. The first-order valence-corrected chi connectivity index (χ1v) is 41.7. The van der Waals surface area contributed by atoms with Crippen molar-refractivity contribution in [2.75, 3.05) is 59.5 Å². The maximum Gasteiger partial charge on any atom is 0.397 e. The molecule has 29 N–H and O–H groups in total. The molecule has 9 saturated heterocycles. The smallest absolute Gasteiger partial charge is 0.394 e. The Morgan fingerprint density at radius 2 is 0.476 bits per heavy atom. The van der Waals surface area contributed by atoms with Crippen LogP contribution in [0.15, 0.2) is 0 Å². The monoisotopic (exact) mass is 1880 g/mol. The normalized spacial score (nSPS) is 44.9. The van der Waals surface area contributed by atoms with E-state index in [-0.39, 0.29) is 0 Å². The summed E-state index contributed by atoms with van der Waals surface area (Å²) in [5.74, 6) is -5.79. The largest absolute Gasteiger partial charge is 0.397 e. The van der Waals surface area contributed by atoms with Gasteiger partial charge in [-0.05, 0) is 0 Å². The summed E-state index contributed by atoms with van der Waals surface area (Å²) in [7, 11) is -10.9.